The van der Waals surface area contributed by atoms with Gasteiger partial charge in [-0.05, 0) is 42.7 Å². The van der Waals surface area contributed by atoms with E-state index in [1.807, 2.05) is 29.2 Å². The van der Waals surface area contributed by atoms with Gasteiger partial charge in [-0.25, -0.2) is 9.37 Å². The van der Waals surface area contributed by atoms with Crippen molar-refractivity contribution in [1.82, 2.24) is 14.9 Å². The van der Waals surface area contributed by atoms with Crippen LogP contribution >= 0.6 is 0 Å². The number of carbonyl (C=O) groups excluding carboxylic acids is 1. The van der Waals surface area contributed by atoms with Gasteiger partial charge in [0.15, 0.2) is 0 Å². The summed E-state index contributed by atoms with van der Waals surface area (Å²) in [6.07, 6.45) is 2.17. The normalized spacial score (nSPS) is 17.5. The van der Waals surface area contributed by atoms with Crippen LogP contribution in [0.3, 0.4) is 0 Å². The Balaban J connectivity index is 1.55. The van der Waals surface area contributed by atoms with Gasteiger partial charge in [0.2, 0.25) is 5.91 Å². The van der Waals surface area contributed by atoms with E-state index in [0.29, 0.717) is 0 Å². The van der Waals surface area contributed by atoms with Gasteiger partial charge in [-0.15, -0.1) is 0 Å². The number of nitrogens with one attached hydrogen (secondary N) is 1. The molecule has 1 N–H and O–H groups in total. The molecular formula is C19H18FN3O. The number of H-pyrrole nitrogens is 1. The van der Waals surface area contributed by atoms with Gasteiger partial charge < -0.3 is 9.88 Å². The molecule has 5 heteroatoms. The number of amides is 1. The number of hydrogen-bond donors (Lipinski definition) is 1. The zero-order valence-electron chi connectivity index (χ0n) is 13.2. The molecule has 3 aromatic rings. The number of nitrogens with zero attached hydrogens (tertiary/aromatic N) is 2. The van der Waals surface area contributed by atoms with Crippen LogP contribution in [-0.2, 0) is 11.2 Å². The van der Waals surface area contributed by atoms with Crippen LogP contribution in [0.15, 0.2) is 48.5 Å². The molecule has 1 atom stereocenters. The second-order valence-corrected chi connectivity index (χ2v) is 6.19. The smallest absolute Gasteiger partial charge is 0.227 e. The minimum atomic E-state index is -0.285. The lowest BCUT2D eigenvalue weighted by atomic mass is 10.1. The van der Waals surface area contributed by atoms with Crippen LogP contribution in [-0.4, -0.2) is 27.3 Å². The lowest BCUT2D eigenvalue weighted by molar-refractivity contribution is -0.131. The van der Waals surface area contributed by atoms with Crippen LogP contribution in [0.5, 0.6) is 0 Å². The Kier molecular flexibility index (Phi) is 3.76. The van der Waals surface area contributed by atoms with Gasteiger partial charge in [0.05, 0.1) is 23.5 Å². The molecule has 0 radical (unpaired) electrons. The zero-order valence-corrected chi connectivity index (χ0v) is 13.2. The lowest BCUT2D eigenvalue weighted by Gasteiger charge is -2.23. The fraction of sp³-hybridized carbons (Fsp3) is 0.263. The summed E-state index contributed by atoms with van der Waals surface area (Å²) in [5.41, 5.74) is 2.74. The quantitative estimate of drug-likeness (QED) is 0.800. The number of halogens is 1. The lowest BCUT2D eigenvalue weighted by Crippen LogP contribution is -2.32. The van der Waals surface area contributed by atoms with E-state index in [1.54, 1.807) is 12.1 Å². The van der Waals surface area contributed by atoms with E-state index < -0.39 is 0 Å². The highest BCUT2D eigenvalue weighted by Gasteiger charge is 2.31. The zero-order chi connectivity index (χ0) is 16.5. The molecule has 1 unspecified atom stereocenters. The standard InChI is InChI=1S/C19H18FN3O/c20-14-9-7-13(8-10-14)12-18(24)23-11-3-6-17(23)19-21-15-4-1-2-5-16(15)22-19/h1-2,4-5,7-10,17H,3,6,11-12H2,(H,21,22). The number of fused-ring (bicyclic) bond motifs is 1. The average molecular weight is 323 g/mol. The minimum absolute atomic E-state index is 0.00894. The molecule has 1 aromatic heterocycles. The molecule has 4 nitrogen and oxygen atoms in total. The maximum absolute atomic E-state index is 13.0. The molecule has 122 valence electrons. The summed E-state index contributed by atoms with van der Waals surface area (Å²) >= 11 is 0. The van der Waals surface area contributed by atoms with E-state index in [2.05, 4.69) is 9.97 Å². The number of benzene rings is 2. The molecule has 0 saturated carbocycles. The van der Waals surface area contributed by atoms with Crippen LogP contribution in [0.1, 0.15) is 30.3 Å². The van der Waals surface area contributed by atoms with E-state index >= 15 is 0 Å². The number of imidazole rings is 1. The summed E-state index contributed by atoms with van der Waals surface area (Å²) in [5, 5.41) is 0. The molecule has 2 heterocycles. The van der Waals surface area contributed by atoms with Gasteiger partial charge in [-0.2, -0.15) is 0 Å². The van der Waals surface area contributed by atoms with E-state index in [1.165, 1.54) is 12.1 Å². The van der Waals surface area contributed by atoms with Crippen molar-refractivity contribution in [2.24, 2.45) is 0 Å². The molecule has 1 saturated heterocycles. The molecule has 0 aliphatic carbocycles. The largest absolute Gasteiger partial charge is 0.340 e. The SMILES string of the molecule is O=C(Cc1ccc(F)cc1)N1CCCC1c1nc2ccccc2[nH]1. The predicted octanol–water partition coefficient (Wildman–Crippen LogP) is 3.61. The summed E-state index contributed by atoms with van der Waals surface area (Å²) in [4.78, 5) is 22.6. The number of rotatable bonds is 3. The highest BCUT2D eigenvalue weighted by molar-refractivity contribution is 5.80. The third kappa shape index (κ3) is 2.77. The number of carbonyl (C=O) groups is 1. The molecular weight excluding hydrogens is 305 g/mol. The monoisotopic (exact) mass is 323 g/mol. The Morgan fingerprint density at radius 2 is 2.00 bits per heavy atom. The molecule has 0 spiro atoms. The minimum Gasteiger partial charge on any atom is -0.340 e. The van der Waals surface area contributed by atoms with Crippen molar-refractivity contribution in [1.29, 1.82) is 0 Å². The summed E-state index contributed by atoms with van der Waals surface area (Å²) in [5.74, 6) is 0.623. The molecule has 1 aliphatic rings. The first-order valence-corrected chi connectivity index (χ1v) is 8.19. The van der Waals surface area contributed by atoms with Gasteiger partial charge in [-0.3, -0.25) is 4.79 Å². The van der Waals surface area contributed by atoms with Crippen LogP contribution in [0, 0.1) is 5.82 Å². The van der Waals surface area contributed by atoms with E-state index in [9.17, 15) is 9.18 Å². The first-order valence-electron chi connectivity index (χ1n) is 8.19. The third-order valence-electron chi connectivity index (χ3n) is 4.57. The topological polar surface area (TPSA) is 49.0 Å². The van der Waals surface area contributed by atoms with Crippen molar-refractivity contribution in [3.63, 3.8) is 0 Å². The molecule has 1 fully saturated rings. The Hall–Kier alpha value is -2.69. The summed E-state index contributed by atoms with van der Waals surface area (Å²) in [6, 6.07) is 14.0. The number of hydrogen-bond acceptors (Lipinski definition) is 2. The summed E-state index contributed by atoms with van der Waals surface area (Å²) < 4.78 is 13.0. The van der Waals surface area contributed by atoms with E-state index in [0.717, 1.165) is 41.8 Å². The molecule has 2 aromatic carbocycles. The van der Waals surface area contributed by atoms with Crippen molar-refractivity contribution in [3.8, 4) is 0 Å². The van der Waals surface area contributed by atoms with Crippen molar-refractivity contribution < 1.29 is 9.18 Å². The van der Waals surface area contributed by atoms with Crippen molar-refractivity contribution >= 4 is 16.9 Å². The molecule has 24 heavy (non-hydrogen) atoms. The number of likely N-dealkylation sites (tertiary alicyclic amines) is 1. The maximum atomic E-state index is 13.0. The molecule has 0 bridgehead atoms. The Bertz CT molecular complexity index is 839. The van der Waals surface area contributed by atoms with Gasteiger partial charge in [-0.1, -0.05) is 24.3 Å². The van der Waals surface area contributed by atoms with Crippen molar-refractivity contribution in [3.05, 3.63) is 65.7 Å². The molecule has 1 amide bonds. The highest BCUT2D eigenvalue weighted by Crippen LogP contribution is 2.31. The third-order valence-corrected chi connectivity index (χ3v) is 4.57. The van der Waals surface area contributed by atoms with Gasteiger partial charge in [0.1, 0.15) is 11.6 Å². The molecule has 1 aliphatic heterocycles. The fourth-order valence-electron chi connectivity index (χ4n) is 3.36. The van der Waals surface area contributed by atoms with E-state index in [-0.39, 0.29) is 24.2 Å². The van der Waals surface area contributed by atoms with Crippen molar-refractivity contribution in [2.75, 3.05) is 6.54 Å². The second kappa shape index (κ2) is 6.07. The second-order valence-electron chi connectivity index (χ2n) is 6.19. The van der Waals surface area contributed by atoms with Gasteiger partial charge in [0, 0.05) is 6.54 Å². The van der Waals surface area contributed by atoms with Crippen molar-refractivity contribution in [2.45, 2.75) is 25.3 Å². The Morgan fingerprint density at radius 3 is 2.79 bits per heavy atom. The first-order chi connectivity index (χ1) is 11.7. The van der Waals surface area contributed by atoms with Crippen LogP contribution < -0.4 is 0 Å². The Morgan fingerprint density at radius 1 is 1.21 bits per heavy atom. The Labute approximate surface area is 139 Å². The van der Waals surface area contributed by atoms with Crippen LogP contribution in [0.2, 0.25) is 0 Å². The van der Waals surface area contributed by atoms with Crippen LogP contribution in [0.25, 0.3) is 11.0 Å². The molecule has 4 rings (SSSR count). The van der Waals surface area contributed by atoms with Crippen LogP contribution in [0.4, 0.5) is 4.39 Å². The van der Waals surface area contributed by atoms with Gasteiger partial charge in [0.25, 0.3) is 0 Å². The van der Waals surface area contributed by atoms with E-state index in [4.69, 9.17) is 0 Å². The number of aromatic nitrogens is 2. The fourth-order valence-corrected chi connectivity index (χ4v) is 3.36. The first kappa shape index (κ1) is 14.9. The number of aromatic amines is 1. The van der Waals surface area contributed by atoms with Gasteiger partial charge >= 0.3 is 0 Å². The number of para-hydroxylation sites is 2. The predicted molar refractivity (Wildman–Crippen MR) is 89.9 cm³/mol. The summed E-state index contributed by atoms with van der Waals surface area (Å²) in [6.45, 7) is 0.738. The summed E-state index contributed by atoms with van der Waals surface area (Å²) in [7, 11) is 0. The highest BCUT2D eigenvalue weighted by atomic mass is 19.1. The maximum Gasteiger partial charge on any atom is 0.227 e. The average Bonchev–Trinajstić information content (AvgIpc) is 3.23.